The molecule has 1 fully saturated rings. The molecular formula is C19H22N2O3. The molecule has 126 valence electrons. The molecule has 1 aliphatic heterocycles. The van der Waals surface area contributed by atoms with E-state index >= 15 is 0 Å². The molecule has 0 spiro atoms. The van der Waals surface area contributed by atoms with Gasteiger partial charge in [0.05, 0.1) is 25.5 Å². The topological polar surface area (TPSA) is 54.7 Å². The Bertz CT molecular complexity index is 647. The van der Waals surface area contributed by atoms with Crippen molar-refractivity contribution in [3.8, 4) is 0 Å². The van der Waals surface area contributed by atoms with E-state index in [0.717, 1.165) is 38.4 Å². The highest BCUT2D eigenvalue weighted by Gasteiger charge is 2.19. The van der Waals surface area contributed by atoms with Crippen LogP contribution in [-0.2, 0) is 9.53 Å². The van der Waals surface area contributed by atoms with Gasteiger partial charge in [0.15, 0.2) is 0 Å². The highest BCUT2D eigenvalue weighted by molar-refractivity contribution is 5.91. The van der Waals surface area contributed by atoms with Crippen molar-refractivity contribution < 1.29 is 13.9 Å². The number of furan rings is 1. The summed E-state index contributed by atoms with van der Waals surface area (Å²) in [6.07, 6.45) is 4.77. The van der Waals surface area contributed by atoms with E-state index in [1.54, 1.807) is 18.4 Å². The fourth-order valence-corrected chi connectivity index (χ4v) is 2.73. The normalized spacial score (nSPS) is 17.0. The zero-order valence-electron chi connectivity index (χ0n) is 13.6. The van der Waals surface area contributed by atoms with Crippen LogP contribution in [-0.4, -0.2) is 43.7 Å². The van der Waals surface area contributed by atoms with Crippen molar-refractivity contribution in [3.05, 3.63) is 66.1 Å². The molecule has 24 heavy (non-hydrogen) atoms. The third kappa shape index (κ3) is 4.81. The molecule has 1 aromatic carbocycles. The fraction of sp³-hybridized carbons (Fsp3) is 0.316. The molecule has 0 radical (unpaired) electrons. The minimum Gasteiger partial charge on any atom is -0.465 e. The molecule has 0 aliphatic carbocycles. The molecule has 1 aliphatic rings. The van der Waals surface area contributed by atoms with Gasteiger partial charge in [0, 0.05) is 25.7 Å². The molecular weight excluding hydrogens is 304 g/mol. The number of nitrogens with zero attached hydrogens (tertiary/aromatic N) is 1. The lowest BCUT2D eigenvalue weighted by molar-refractivity contribution is -0.117. The summed E-state index contributed by atoms with van der Waals surface area (Å²) in [6.45, 7) is 4.04. The fourth-order valence-electron chi connectivity index (χ4n) is 2.73. The van der Waals surface area contributed by atoms with Crippen molar-refractivity contribution in [2.24, 2.45) is 0 Å². The number of nitrogens with one attached hydrogen (secondary N) is 1. The molecule has 0 saturated carbocycles. The Labute approximate surface area is 141 Å². The first-order valence-corrected chi connectivity index (χ1v) is 8.18. The van der Waals surface area contributed by atoms with E-state index in [1.165, 1.54) is 6.08 Å². The SMILES string of the molecule is O=C(/C=C/c1ccco1)N[C@@H](CN1CCOCC1)c1ccccc1. The summed E-state index contributed by atoms with van der Waals surface area (Å²) >= 11 is 0. The molecule has 0 bridgehead atoms. The van der Waals surface area contributed by atoms with E-state index in [9.17, 15) is 4.79 Å². The molecule has 5 heteroatoms. The van der Waals surface area contributed by atoms with E-state index in [4.69, 9.17) is 9.15 Å². The maximum Gasteiger partial charge on any atom is 0.244 e. The van der Waals surface area contributed by atoms with Gasteiger partial charge in [0.25, 0.3) is 0 Å². The quantitative estimate of drug-likeness (QED) is 0.829. The van der Waals surface area contributed by atoms with Gasteiger partial charge in [-0.2, -0.15) is 0 Å². The molecule has 1 aromatic heterocycles. The van der Waals surface area contributed by atoms with Crippen LogP contribution >= 0.6 is 0 Å². The van der Waals surface area contributed by atoms with Gasteiger partial charge in [-0.3, -0.25) is 9.69 Å². The maximum absolute atomic E-state index is 12.3. The summed E-state index contributed by atoms with van der Waals surface area (Å²) in [4.78, 5) is 14.6. The van der Waals surface area contributed by atoms with Crippen LogP contribution in [0.3, 0.4) is 0 Å². The molecule has 1 atom stereocenters. The van der Waals surface area contributed by atoms with Crippen molar-refractivity contribution in [3.63, 3.8) is 0 Å². The lowest BCUT2D eigenvalue weighted by atomic mass is 10.1. The Morgan fingerprint density at radius 3 is 2.67 bits per heavy atom. The largest absolute Gasteiger partial charge is 0.465 e. The van der Waals surface area contributed by atoms with Crippen LogP contribution in [0.1, 0.15) is 17.4 Å². The molecule has 1 amide bonds. The van der Waals surface area contributed by atoms with Crippen molar-refractivity contribution >= 4 is 12.0 Å². The van der Waals surface area contributed by atoms with Crippen LogP contribution in [0.4, 0.5) is 0 Å². The van der Waals surface area contributed by atoms with Crippen LogP contribution in [0.15, 0.2) is 59.2 Å². The molecule has 0 unspecified atom stereocenters. The molecule has 5 nitrogen and oxygen atoms in total. The molecule has 2 heterocycles. The number of hydrogen-bond acceptors (Lipinski definition) is 4. The number of hydrogen-bond donors (Lipinski definition) is 1. The van der Waals surface area contributed by atoms with Gasteiger partial charge >= 0.3 is 0 Å². The van der Waals surface area contributed by atoms with Gasteiger partial charge in [0.1, 0.15) is 5.76 Å². The predicted octanol–water partition coefficient (Wildman–Crippen LogP) is 2.48. The van der Waals surface area contributed by atoms with Crippen LogP contribution in [0.25, 0.3) is 6.08 Å². The Kier molecular flexibility index (Phi) is 5.82. The first kappa shape index (κ1) is 16.5. The summed E-state index contributed by atoms with van der Waals surface area (Å²) < 4.78 is 10.6. The van der Waals surface area contributed by atoms with Gasteiger partial charge in [-0.15, -0.1) is 0 Å². The lowest BCUT2D eigenvalue weighted by Crippen LogP contribution is -2.42. The second kappa shape index (κ2) is 8.47. The van der Waals surface area contributed by atoms with Gasteiger partial charge < -0.3 is 14.5 Å². The van der Waals surface area contributed by atoms with Gasteiger partial charge in [0.2, 0.25) is 5.91 Å². The number of amides is 1. The zero-order chi connectivity index (χ0) is 16.6. The summed E-state index contributed by atoms with van der Waals surface area (Å²) in [5.74, 6) is 0.531. The number of ether oxygens (including phenoxy) is 1. The van der Waals surface area contributed by atoms with Gasteiger partial charge in [-0.25, -0.2) is 0 Å². The highest BCUT2D eigenvalue weighted by atomic mass is 16.5. The average molecular weight is 326 g/mol. The second-order valence-electron chi connectivity index (χ2n) is 5.73. The van der Waals surface area contributed by atoms with E-state index in [2.05, 4.69) is 10.2 Å². The number of morpholine rings is 1. The zero-order valence-corrected chi connectivity index (χ0v) is 13.6. The number of rotatable bonds is 6. The van der Waals surface area contributed by atoms with E-state index < -0.39 is 0 Å². The Morgan fingerprint density at radius 1 is 1.17 bits per heavy atom. The van der Waals surface area contributed by atoms with Crippen molar-refractivity contribution in [2.45, 2.75) is 6.04 Å². The minimum absolute atomic E-state index is 0.0574. The van der Waals surface area contributed by atoms with E-state index in [1.807, 2.05) is 36.4 Å². The third-order valence-electron chi connectivity index (χ3n) is 4.01. The number of carbonyl (C=O) groups excluding carboxylic acids is 1. The summed E-state index contributed by atoms with van der Waals surface area (Å²) in [7, 11) is 0. The van der Waals surface area contributed by atoms with E-state index in [0.29, 0.717) is 5.76 Å². The van der Waals surface area contributed by atoms with Crippen LogP contribution in [0.2, 0.25) is 0 Å². The predicted molar refractivity (Wildman–Crippen MR) is 92.3 cm³/mol. The molecule has 2 aromatic rings. The van der Waals surface area contributed by atoms with Crippen LogP contribution < -0.4 is 5.32 Å². The third-order valence-corrected chi connectivity index (χ3v) is 4.01. The van der Waals surface area contributed by atoms with Crippen molar-refractivity contribution in [1.29, 1.82) is 0 Å². The number of carbonyl (C=O) groups is 1. The first-order chi connectivity index (χ1) is 11.8. The Hall–Kier alpha value is -2.37. The average Bonchev–Trinajstić information content (AvgIpc) is 3.15. The monoisotopic (exact) mass is 326 g/mol. The van der Waals surface area contributed by atoms with Crippen LogP contribution in [0, 0.1) is 0 Å². The van der Waals surface area contributed by atoms with Gasteiger partial charge in [-0.1, -0.05) is 30.3 Å². The molecule has 1 saturated heterocycles. The smallest absolute Gasteiger partial charge is 0.244 e. The number of benzene rings is 1. The standard InChI is InChI=1S/C19H22N2O3/c22-19(9-8-17-7-4-12-24-17)20-18(16-5-2-1-3-6-16)15-21-10-13-23-14-11-21/h1-9,12,18H,10-11,13-15H2,(H,20,22)/b9-8+/t18-/m0/s1. The summed E-state index contributed by atoms with van der Waals surface area (Å²) in [5.41, 5.74) is 1.10. The van der Waals surface area contributed by atoms with Crippen molar-refractivity contribution in [1.82, 2.24) is 10.2 Å². The lowest BCUT2D eigenvalue weighted by Gasteiger charge is -2.30. The van der Waals surface area contributed by atoms with Crippen LogP contribution in [0.5, 0.6) is 0 Å². The minimum atomic E-state index is -0.131. The highest BCUT2D eigenvalue weighted by Crippen LogP contribution is 2.15. The van der Waals surface area contributed by atoms with Crippen molar-refractivity contribution in [2.75, 3.05) is 32.8 Å². The Balaban J connectivity index is 1.66. The first-order valence-electron chi connectivity index (χ1n) is 8.18. The summed E-state index contributed by atoms with van der Waals surface area (Å²) in [5, 5.41) is 3.09. The van der Waals surface area contributed by atoms with Gasteiger partial charge in [-0.05, 0) is 23.8 Å². The van der Waals surface area contributed by atoms with E-state index in [-0.39, 0.29) is 11.9 Å². The second-order valence-corrected chi connectivity index (χ2v) is 5.73. The Morgan fingerprint density at radius 2 is 1.96 bits per heavy atom. The molecule has 1 N–H and O–H groups in total. The maximum atomic E-state index is 12.3. The molecule has 3 rings (SSSR count). The summed E-state index contributed by atoms with van der Waals surface area (Å²) in [6, 6.07) is 13.6.